The van der Waals surface area contributed by atoms with Crippen LogP contribution in [0.1, 0.15) is 53.4 Å². The molecule has 7 heteroatoms. The number of nitrogens with zero attached hydrogens (tertiary/aromatic N) is 2. The fraction of sp³-hybridized carbons (Fsp3) is 0.217. The lowest BCUT2D eigenvalue weighted by Gasteiger charge is -2.30. The Kier molecular flexibility index (Phi) is 4.95. The zero-order valence-corrected chi connectivity index (χ0v) is 16.5. The lowest BCUT2D eigenvalue weighted by molar-refractivity contribution is 0.0597. The van der Waals surface area contributed by atoms with Gasteiger partial charge in [-0.25, -0.2) is 4.79 Å². The van der Waals surface area contributed by atoms with Crippen LogP contribution in [-0.2, 0) is 11.2 Å². The Bertz CT molecular complexity index is 1100. The average Bonchev–Trinajstić information content (AvgIpc) is 3.01. The van der Waals surface area contributed by atoms with Crippen LogP contribution in [-0.4, -0.2) is 48.8 Å². The first-order valence-corrected chi connectivity index (χ1v) is 9.61. The minimum atomic E-state index is -0.440. The minimum Gasteiger partial charge on any atom is -0.465 e. The first kappa shape index (κ1) is 19.6. The average molecular weight is 404 g/mol. The molecule has 3 amide bonds. The first-order chi connectivity index (χ1) is 14.5. The maximum atomic E-state index is 13.3. The van der Waals surface area contributed by atoms with Crippen LogP contribution in [0, 0.1) is 0 Å². The predicted octanol–water partition coefficient (Wildman–Crippen LogP) is 2.85. The molecular formula is C23H20N2O5. The molecule has 0 unspecified atom stereocenters. The van der Waals surface area contributed by atoms with Crippen molar-refractivity contribution in [2.75, 3.05) is 25.1 Å². The number of fused-ring (bicyclic) bond motifs is 2. The zero-order valence-electron chi connectivity index (χ0n) is 16.5. The molecule has 0 radical (unpaired) electrons. The van der Waals surface area contributed by atoms with E-state index in [2.05, 4.69) is 6.58 Å². The van der Waals surface area contributed by atoms with Gasteiger partial charge in [-0.05, 0) is 48.7 Å². The van der Waals surface area contributed by atoms with Crippen molar-refractivity contribution in [3.63, 3.8) is 0 Å². The molecule has 0 atom stereocenters. The van der Waals surface area contributed by atoms with Crippen molar-refractivity contribution in [3.05, 3.63) is 76.9 Å². The van der Waals surface area contributed by atoms with Crippen LogP contribution in [0.15, 0.2) is 49.1 Å². The number of ether oxygens (including phenoxy) is 1. The number of methoxy groups -OCH3 is 1. The van der Waals surface area contributed by atoms with Gasteiger partial charge < -0.3 is 9.64 Å². The van der Waals surface area contributed by atoms with Gasteiger partial charge in [0.1, 0.15) is 0 Å². The number of hydrogen-bond donors (Lipinski definition) is 0. The Morgan fingerprint density at radius 3 is 2.63 bits per heavy atom. The first-order valence-electron chi connectivity index (χ1n) is 9.61. The molecule has 0 spiro atoms. The van der Waals surface area contributed by atoms with Gasteiger partial charge in [0.25, 0.3) is 17.7 Å². The highest BCUT2D eigenvalue weighted by molar-refractivity contribution is 6.22. The van der Waals surface area contributed by atoms with Crippen molar-refractivity contribution >= 4 is 29.4 Å². The lowest BCUT2D eigenvalue weighted by atomic mass is 9.95. The van der Waals surface area contributed by atoms with E-state index in [0.29, 0.717) is 36.2 Å². The smallest absolute Gasteiger partial charge is 0.338 e. The number of amides is 3. The van der Waals surface area contributed by atoms with Gasteiger partial charge in [0.15, 0.2) is 0 Å². The van der Waals surface area contributed by atoms with E-state index in [0.717, 1.165) is 10.5 Å². The van der Waals surface area contributed by atoms with Gasteiger partial charge in [0.2, 0.25) is 0 Å². The van der Waals surface area contributed by atoms with Crippen LogP contribution < -0.4 is 4.90 Å². The molecule has 30 heavy (non-hydrogen) atoms. The number of rotatable bonds is 4. The summed E-state index contributed by atoms with van der Waals surface area (Å²) < 4.78 is 4.86. The molecule has 2 aromatic carbocycles. The molecule has 2 aliphatic heterocycles. The van der Waals surface area contributed by atoms with E-state index in [1.54, 1.807) is 29.2 Å². The summed E-state index contributed by atoms with van der Waals surface area (Å²) in [7, 11) is 1.33. The number of carbonyl (C=O) groups is 4. The van der Waals surface area contributed by atoms with Crippen molar-refractivity contribution < 1.29 is 23.9 Å². The predicted molar refractivity (Wildman–Crippen MR) is 110 cm³/mol. The summed E-state index contributed by atoms with van der Waals surface area (Å²) in [6.45, 7) is 4.18. The highest BCUT2D eigenvalue weighted by Gasteiger charge is 2.36. The molecule has 2 heterocycles. The van der Waals surface area contributed by atoms with Gasteiger partial charge in [0.05, 0.1) is 23.8 Å². The Balaban J connectivity index is 1.70. The molecule has 0 saturated heterocycles. The van der Waals surface area contributed by atoms with Crippen LogP contribution in [0.2, 0.25) is 0 Å². The Morgan fingerprint density at radius 1 is 1.13 bits per heavy atom. The molecule has 0 saturated carbocycles. The van der Waals surface area contributed by atoms with E-state index >= 15 is 0 Å². The second kappa shape index (κ2) is 7.59. The molecule has 0 fully saturated rings. The van der Waals surface area contributed by atoms with Crippen LogP contribution in [0.25, 0.3) is 0 Å². The number of carbonyl (C=O) groups excluding carboxylic acids is 4. The third kappa shape index (κ3) is 2.99. The van der Waals surface area contributed by atoms with E-state index in [1.807, 2.05) is 0 Å². The number of hydrogen-bond acceptors (Lipinski definition) is 5. The highest BCUT2D eigenvalue weighted by Crippen LogP contribution is 2.32. The van der Waals surface area contributed by atoms with Crippen LogP contribution in [0.3, 0.4) is 0 Å². The van der Waals surface area contributed by atoms with E-state index in [9.17, 15) is 19.2 Å². The van der Waals surface area contributed by atoms with Crippen molar-refractivity contribution in [1.29, 1.82) is 0 Å². The number of anilines is 1. The summed E-state index contributed by atoms with van der Waals surface area (Å²) in [5.41, 5.74) is 2.69. The lowest BCUT2D eigenvalue weighted by Crippen LogP contribution is -2.36. The quantitative estimate of drug-likeness (QED) is 0.445. The van der Waals surface area contributed by atoms with Crippen LogP contribution in [0.4, 0.5) is 5.69 Å². The van der Waals surface area contributed by atoms with Crippen LogP contribution >= 0.6 is 0 Å². The molecular weight excluding hydrogens is 384 g/mol. The molecule has 0 aliphatic carbocycles. The maximum absolute atomic E-state index is 13.3. The summed E-state index contributed by atoms with van der Waals surface area (Å²) in [4.78, 5) is 53.1. The Labute approximate surface area is 173 Å². The fourth-order valence-corrected chi connectivity index (χ4v) is 4.01. The van der Waals surface area contributed by atoms with Crippen LogP contribution in [0.5, 0.6) is 0 Å². The normalized spacial score (nSPS) is 15.0. The summed E-state index contributed by atoms with van der Waals surface area (Å²) in [6.07, 6.45) is 2.84. The van der Waals surface area contributed by atoms with Gasteiger partial charge >= 0.3 is 5.97 Å². The molecule has 152 valence electrons. The van der Waals surface area contributed by atoms with E-state index < -0.39 is 11.9 Å². The fourth-order valence-electron chi connectivity index (χ4n) is 4.01. The Morgan fingerprint density at radius 2 is 1.90 bits per heavy atom. The summed E-state index contributed by atoms with van der Waals surface area (Å²) >= 11 is 0. The van der Waals surface area contributed by atoms with Crippen molar-refractivity contribution in [1.82, 2.24) is 4.90 Å². The standard InChI is InChI=1S/C23H20N2O5/c1-3-11-25-21(27)16-10-9-14(13-18(16)22(25)28)20(26)24-12-5-7-15-17(23(29)30-2)6-4-8-19(15)24/h3-4,6,8-10,13H,1,5,7,11-12H2,2H3. The van der Waals surface area contributed by atoms with E-state index in [4.69, 9.17) is 4.74 Å². The molecule has 2 aromatic rings. The summed E-state index contributed by atoms with van der Waals surface area (Å²) in [6, 6.07) is 9.75. The minimum absolute atomic E-state index is 0.116. The second-order valence-corrected chi connectivity index (χ2v) is 7.13. The molecule has 7 nitrogen and oxygen atoms in total. The van der Waals surface area contributed by atoms with Gasteiger partial charge in [-0.3, -0.25) is 19.3 Å². The topological polar surface area (TPSA) is 84.0 Å². The third-order valence-electron chi connectivity index (χ3n) is 5.43. The second-order valence-electron chi connectivity index (χ2n) is 7.13. The largest absolute Gasteiger partial charge is 0.465 e. The molecule has 0 bridgehead atoms. The van der Waals surface area contributed by atoms with E-state index in [1.165, 1.54) is 25.3 Å². The monoisotopic (exact) mass is 404 g/mol. The van der Waals surface area contributed by atoms with E-state index in [-0.39, 0.29) is 29.5 Å². The number of esters is 1. The summed E-state index contributed by atoms with van der Waals surface area (Å²) in [5.74, 6) is -1.55. The van der Waals surface area contributed by atoms with Gasteiger partial charge in [-0.2, -0.15) is 0 Å². The van der Waals surface area contributed by atoms with Crippen molar-refractivity contribution in [2.24, 2.45) is 0 Å². The molecule has 0 aromatic heterocycles. The Hall–Kier alpha value is -3.74. The highest BCUT2D eigenvalue weighted by atomic mass is 16.5. The molecule has 4 rings (SSSR count). The maximum Gasteiger partial charge on any atom is 0.338 e. The third-order valence-corrected chi connectivity index (χ3v) is 5.43. The SMILES string of the molecule is C=CCN1C(=O)c2ccc(C(=O)N3CCCc4c(C(=O)OC)cccc43)cc2C1=O. The summed E-state index contributed by atoms with van der Waals surface area (Å²) in [5, 5.41) is 0. The van der Waals surface area contributed by atoms with Gasteiger partial charge in [-0.15, -0.1) is 6.58 Å². The van der Waals surface area contributed by atoms with Crippen molar-refractivity contribution in [3.8, 4) is 0 Å². The molecule has 0 N–H and O–H groups in total. The number of imide groups is 1. The zero-order chi connectivity index (χ0) is 21.4. The number of benzene rings is 2. The van der Waals surface area contributed by atoms with Gasteiger partial charge in [-0.1, -0.05) is 12.1 Å². The molecule has 2 aliphatic rings. The van der Waals surface area contributed by atoms with Gasteiger partial charge in [0, 0.05) is 24.3 Å². The van der Waals surface area contributed by atoms with Crippen molar-refractivity contribution in [2.45, 2.75) is 12.8 Å².